The minimum Gasteiger partial charge on any atom is -0.487 e. The van der Waals surface area contributed by atoms with Gasteiger partial charge in [-0.05, 0) is 42.3 Å². The van der Waals surface area contributed by atoms with E-state index in [9.17, 15) is 0 Å². The lowest BCUT2D eigenvalue weighted by Crippen LogP contribution is -2.18. The molecule has 0 aliphatic heterocycles. The molecule has 0 N–H and O–H groups in total. The number of rotatable bonds is 6. The molecule has 0 radical (unpaired) electrons. The van der Waals surface area contributed by atoms with Crippen molar-refractivity contribution in [2.24, 2.45) is 0 Å². The van der Waals surface area contributed by atoms with Crippen LogP contribution in [0.25, 0.3) is 5.82 Å². The number of nitrogens with zero attached hydrogens (tertiary/aromatic N) is 5. The molecule has 0 bridgehead atoms. The summed E-state index contributed by atoms with van der Waals surface area (Å²) in [5, 5.41) is 16.4. The van der Waals surface area contributed by atoms with Crippen LogP contribution >= 0.6 is 0 Å². The normalized spacial score (nSPS) is 11.4. The molecule has 0 fully saturated rings. The second-order valence-corrected chi connectivity index (χ2v) is 7.51. The van der Waals surface area contributed by atoms with Gasteiger partial charge in [-0.15, -0.1) is 15.0 Å². The SMILES string of the molecule is Cc1ccc(C(C)(C)c2ccc(OCc3ccc(-n4nccn4)nn3)cc2)cc1. The Morgan fingerprint density at radius 2 is 1.41 bits per heavy atom. The molecule has 6 heteroatoms. The van der Waals surface area contributed by atoms with Gasteiger partial charge in [-0.2, -0.15) is 10.2 Å². The lowest BCUT2D eigenvalue weighted by Gasteiger charge is -2.26. The summed E-state index contributed by atoms with van der Waals surface area (Å²) in [6.45, 7) is 6.92. The lowest BCUT2D eigenvalue weighted by molar-refractivity contribution is 0.299. The molecule has 4 rings (SSSR count). The number of benzene rings is 2. The summed E-state index contributed by atoms with van der Waals surface area (Å²) in [5.41, 5.74) is 4.47. The van der Waals surface area contributed by atoms with Gasteiger partial charge in [0.05, 0.1) is 12.4 Å². The minimum absolute atomic E-state index is 0.0753. The van der Waals surface area contributed by atoms with Crippen LogP contribution in [0.2, 0.25) is 0 Å². The predicted molar refractivity (Wildman–Crippen MR) is 111 cm³/mol. The van der Waals surface area contributed by atoms with Gasteiger partial charge in [0, 0.05) is 5.41 Å². The van der Waals surface area contributed by atoms with E-state index in [1.807, 2.05) is 24.3 Å². The Hall–Kier alpha value is -3.54. The fourth-order valence-electron chi connectivity index (χ4n) is 3.13. The van der Waals surface area contributed by atoms with Crippen molar-refractivity contribution in [2.45, 2.75) is 32.8 Å². The van der Waals surface area contributed by atoms with Crippen LogP contribution in [0.3, 0.4) is 0 Å². The molecule has 146 valence electrons. The van der Waals surface area contributed by atoms with E-state index >= 15 is 0 Å². The molecule has 2 aromatic carbocycles. The maximum absolute atomic E-state index is 5.87. The van der Waals surface area contributed by atoms with Crippen molar-refractivity contribution in [3.63, 3.8) is 0 Å². The molecule has 29 heavy (non-hydrogen) atoms. The molecule has 0 unspecified atom stereocenters. The molecular formula is C23H23N5O. The summed E-state index contributed by atoms with van der Waals surface area (Å²) in [6, 6.07) is 20.6. The number of hydrogen-bond donors (Lipinski definition) is 0. The highest BCUT2D eigenvalue weighted by atomic mass is 16.5. The second kappa shape index (κ2) is 7.83. The van der Waals surface area contributed by atoms with Crippen LogP contribution < -0.4 is 4.74 Å². The lowest BCUT2D eigenvalue weighted by atomic mass is 9.78. The van der Waals surface area contributed by atoms with Gasteiger partial charge in [0.25, 0.3) is 0 Å². The summed E-state index contributed by atoms with van der Waals surface area (Å²) in [7, 11) is 0. The zero-order valence-electron chi connectivity index (χ0n) is 16.8. The monoisotopic (exact) mass is 385 g/mol. The molecule has 6 nitrogen and oxygen atoms in total. The van der Waals surface area contributed by atoms with Crippen LogP contribution in [0.1, 0.15) is 36.2 Å². The Balaban J connectivity index is 1.41. The van der Waals surface area contributed by atoms with E-state index in [1.165, 1.54) is 21.5 Å². The smallest absolute Gasteiger partial charge is 0.196 e. The van der Waals surface area contributed by atoms with Crippen LogP contribution in [0, 0.1) is 6.92 Å². The first-order valence-electron chi connectivity index (χ1n) is 9.52. The average Bonchev–Trinajstić information content (AvgIpc) is 3.28. The third kappa shape index (κ3) is 4.16. The molecule has 0 aliphatic rings. The predicted octanol–water partition coefficient (Wildman–Crippen LogP) is 4.27. The summed E-state index contributed by atoms with van der Waals surface area (Å²) in [5.74, 6) is 1.37. The number of aromatic nitrogens is 5. The van der Waals surface area contributed by atoms with Crippen molar-refractivity contribution >= 4 is 0 Å². The molecule has 0 amide bonds. The molecule has 4 aromatic rings. The van der Waals surface area contributed by atoms with Crippen molar-refractivity contribution in [3.8, 4) is 11.6 Å². The third-order valence-electron chi connectivity index (χ3n) is 5.07. The highest BCUT2D eigenvalue weighted by Gasteiger charge is 2.22. The maximum atomic E-state index is 5.87. The van der Waals surface area contributed by atoms with Crippen LogP contribution in [-0.4, -0.2) is 25.2 Å². The molecule has 0 aliphatic carbocycles. The van der Waals surface area contributed by atoms with E-state index in [1.54, 1.807) is 12.4 Å². The van der Waals surface area contributed by atoms with E-state index in [2.05, 4.69) is 77.6 Å². The quantitative estimate of drug-likeness (QED) is 0.496. The van der Waals surface area contributed by atoms with E-state index < -0.39 is 0 Å². The Kier molecular flexibility index (Phi) is 5.08. The first kappa shape index (κ1) is 18.8. The van der Waals surface area contributed by atoms with Crippen molar-refractivity contribution in [1.82, 2.24) is 25.2 Å². The van der Waals surface area contributed by atoms with Crippen LogP contribution in [-0.2, 0) is 12.0 Å². The number of aryl methyl sites for hydroxylation is 1. The fourth-order valence-corrected chi connectivity index (χ4v) is 3.13. The highest BCUT2D eigenvalue weighted by Crippen LogP contribution is 2.32. The molecule has 2 aromatic heterocycles. The van der Waals surface area contributed by atoms with Crippen molar-refractivity contribution in [2.75, 3.05) is 0 Å². The molecule has 2 heterocycles. The summed E-state index contributed by atoms with van der Waals surface area (Å²) < 4.78 is 5.87. The Labute approximate surface area is 170 Å². The Morgan fingerprint density at radius 1 is 0.793 bits per heavy atom. The standard InChI is InChI=1S/C23H23N5O/c1-17-4-6-18(7-5-17)23(2,3)19-8-11-21(12-9-19)29-16-20-10-13-22(27-26-20)28-24-14-15-25-28/h4-15H,16H2,1-3H3. The van der Waals surface area contributed by atoms with E-state index in [4.69, 9.17) is 4.74 Å². The van der Waals surface area contributed by atoms with Gasteiger partial charge >= 0.3 is 0 Å². The molecule has 0 saturated carbocycles. The van der Waals surface area contributed by atoms with Crippen molar-refractivity contribution < 1.29 is 4.74 Å². The average molecular weight is 385 g/mol. The zero-order valence-corrected chi connectivity index (χ0v) is 16.8. The van der Waals surface area contributed by atoms with Gasteiger partial charge in [-0.3, -0.25) is 0 Å². The summed E-state index contributed by atoms with van der Waals surface area (Å²) >= 11 is 0. The second-order valence-electron chi connectivity index (χ2n) is 7.51. The number of ether oxygens (including phenoxy) is 1. The fraction of sp³-hybridized carbons (Fsp3) is 0.217. The molecule has 0 spiro atoms. The van der Waals surface area contributed by atoms with Crippen LogP contribution in [0.5, 0.6) is 5.75 Å². The van der Waals surface area contributed by atoms with Gasteiger partial charge in [0.15, 0.2) is 5.82 Å². The molecule has 0 saturated heterocycles. The minimum atomic E-state index is -0.0753. The molecule has 0 atom stereocenters. The van der Waals surface area contributed by atoms with Gasteiger partial charge < -0.3 is 4.74 Å². The van der Waals surface area contributed by atoms with Gasteiger partial charge in [0.2, 0.25) is 0 Å². The van der Waals surface area contributed by atoms with Gasteiger partial charge in [0.1, 0.15) is 18.1 Å². The van der Waals surface area contributed by atoms with Crippen molar-refractivity contribution in [3.05, 3.63) is 95.4 Å². The van der Waals surface area contributed by atoms with Crippen LogP contribution in [0.15, 0.2) is 73.1 Å². The first-order chi connectivity index (χ1) is 14.0. The topological polar surface area (TPSA) is 65.7 Å². The largest absolute Gasteiger partial charge is 0.487 e. The maximum Gasteiger partial charge on any atom is 0.196 e. The zero-order chi connectivity index (χ0) is 20.3. The van der Waals surface area contributed by atoms with Gasteiger partial charge in [-0.1, -0.05) is 55.8 Å². The third-order valence-corrected chi connectivity index (χ3v) is 5.07. The Bertz CT molecular complexity index is 1050. The first-order valence-corrected chi connectivity index (χ1v) is 9.52. The summed E-state index contributed by atoms with van der Waals surface area (Å²) in [4.78, 5) is 1.42. The van der Waals surface area contributed by atoms with E-state index in [0.717, 1.165) is 11.4 Å². The van der Waals surface area contributed by atoms with Crippen LogP contribution in [0.4, 0.5) is 0 Å². The Morgan fingerprint density at radius 3 is 2.00 bits per heavy atom. The van der Waals surface area contributed by atoms with E-state index in [-0.39, 0.29) is 5.41 Å². The van der Waals surface area contributed by atoms with Crippen molar-refractivity contribution in [1.29, 1.82) is 0 Å². The highest BCUT2D eigenvalue weighted by molar-refractivity contribution is 5.40. The number of hydrogen-bond acceptors (Lipinski definition) is 5. The molecular weight excluding hydrogens is 362 g/mol. The van der Waals surface area contributed by atoms with E-state index in [0.29, 0.717) is 12.4 Å². The summed E-state index contributed by atoms with van der Waals surface area (Å²) in [6.07, 6.45) is 3.20. The van der Waals surface area contributed by atoms with Gasteiger partial charge in [-0.25, -0.2) is 0 Å².